The van der Waals surface area contributed by atoms with Crippen molar-refractivity contribution in [2.75, 3.05) is 0 Å². The van der Waals surface area contributed by atoms with E-state index in [9.17, 15) is 4.79 Å². The normalized spacial score (nSPS) is 34.1. The van der Waals surface area contributed by atoms with Crippen molar-refractivity contribution in [3.05, 3.63) is 47.2 Å². The Hall–Kier alpha value is -1.55. The predicted molar refractivity (Wildman–Crippen MR) is 105 cm³/mol. The summed E-state index contributed by atoms with van der Waals surface area (Å²) in [6.45, 7) is 6.67. The molecular formula is C21H26N2OS. The summed E-state index contributed by atoms with van der Waals surface area (Å²) in [5, 5.41) is 3.88. The first-order valence-corrected chi connectivity index (χ1v) is 10.3. The number of carbonyl (C=O) groups excluding carboxylic acids is 1. The van der Waals surface area contributed by atoms with Crippen molar-refractivity contribution in [2.45, 2.75) is 56.9 Å². The van der Waals surface area contributed by atoms with Gasteiger partial charge in [-0.3, -0.25) is 9.79 Å². The molecule has 1 aromatic carbocycles. The Morgan fingerprint density at radius 3 is 2.72 bits per heavy atom. The third-order valence-electron chi connectivity index (χ3n) is 6.25. The zero-order chi connectivity index (χ0) is 17.6. The SMILES string of the molecule is CC[C@@]1(c2ccccc2)C2=C(C[C@H](C(C)C)CC2=O)NC2N=CSC21. The topological polar surface area (TPSA) is 41.5 Å². The summed E-state index contributed by atoms with van der Waals surface area (Å²) in [4.78, 5) is 18.0. The summed E-state index contributed by atoms with van der Waals surface area (Å²) in [7, 11) is 0. The van der Waals surface area contributed by atoms with E-state index >= 15 is 0 Å². The number of ketones is 1. The number of carbonyl (C=O) groups is 1. The average Bonchev–Trinajstić information content (AvgIpc) is 3.09. The quantitative estimate of drug-likeness (QED) is 0.880. The van der Waals surface area contributed by atoms with E-state index in [1.165, 1.54) is 5.56 Å². The van der Waals surface area contributed by atoms with Crippen LogP contribution in [0.2, 0.25) is 0 Å². The summed E-state index contributed by atoms with van der Waals surface area (Å²) < 4.78 is 0. The van der Waals surface area contributed by atoms with Crippen molar-refractivity contribution < 1.29 is 4.79 Å². The maximum absolute atomic E-state index is 13.3. The van der Waals surface area contributed by atoms with Crippen molar-refractivity contribution in [1.29, 1.82) is 0 Å². The van der Waals surface area contributed by atoms with Gasteiger partial charge in [-0.05, 0) is 30.2 Å². The number of fused-ring (bicyclic) bond motifs is 1. The van der Waals surface area contributed by atoms with Gasteiger partial charge in [0.2, 0.25) is 0 Å². The van der Waals surface area contributed by atoms with Crippen LogP contribution in [0.25, 0.3) is 0 Å². The van der Waals surface area contributed by atoms with E-state index in [1.807, 2.05) is 5.55 Å². The molecule has 2 unspecified atom stereocenters. The van der Waals surface area contributed by atoms with Crippen molar-refractivity contribution in [2.24, 2.45) is 16.8 Å². The molecule has 0 saturated heterocycles. The summed E-state index contributed by atoms with van der Waals surface area (Å²) in [6, 6.07) is 10.6. The Morgan fingerprint density at radius 2 is 2.04 bits per heavy atom. The molecule has 1 N–H and O–H groups in total. The minimum Gasteiger partial charge on any atom is -0.366 e. The van der Waals surface area contributed by atoms with Crippen LogP contribution >= 0.6 is 11.8 Å². The summed E-state index contributed by atoms with van der Waals surface area (Å²) in [5.74, 6) is 1.29. The Kier molecular flexibility index (Phi) is 4.27. The molecular weight excluding hydrogens is 328 g/mol. The second-order valence-corrected chi connectivity index (χ2v) is 8.77. The lowest BCUT2D eigenvalue weighted by molar-refractivity contribution is -0.118. The van der Waals surface area contributed by atoms with Crippen molar-refractivity contribution >= 4 is 23.1 Å². The highest BCUT2D eigenvalue weighted by molar-refractivity contribution is 8.13. The number of Topliss-reactive ketones (excluding diaryl/α,β-unsaturated/α-hetero) is 1. The first-order chi connectivity index (χ1) is 12.1. The van der Waals surface area contributed by atoms with Gasteiger partial charge in [0, 0.05) is 23.1 Å². The molecule has 132 valence electrons. The lowest BCUT2D eigenvalue weighted by Gasteiger charge is -2.49. The molecule has 25 heavy (non-hydrogen) atoms. The molecule has 1 aliphatic carbocycles. The van der Waals surface area contributed by atoms with E-state index in [0.717, 1.165) is 24.1 Å². The molecule has 1 aromatic rings. The molecule has 2 aliphatic heterocycles. The van der Waals surface area contributed by atoms with Crippen LogP contribution in [0.4, 0.5) is 0 Å². The number of nitrogens with zero attached hydrogens (tertiary/aromatic N) is 1. The fourth-order valence-electron chi connectivity index (χ4n) is 4.83. The molecule has 3 aliphatic rings. The Bertz CT molecular complexity index is 740. The molecule has 0 fully saturated rings. The van der Waals surface area contributed by atoms with Gasteiger partial charge in [0.15, 0.2) is 5.78 Å². The molecule has 4 atom stereocenters. The van der Waals surface area contributed by atoms with E-state index in [-0.39, 0.29) is 16.8 Å². The first kappa shape index (κ1) is 16.9. The van der Waals surface area contributed by atoms with Gasteiger partial charge < -0.3 is 5.32 Å². The van der Waals surface area contributed by atoms with Gasteiger partial charge in [0.25, 0.3) is 0 Å². The zero-order valence-electron chi connectivity index (χ0n) is 15.2. The summed E-state index contributed by atoms with van der Waals surface area (Å²) in [5.41, 5.74) is 5.18. The van der Waals surface area contributed by atoms with E-state index in [4.69, 9.17) is 4.99 Å². The monoisotopic (exact) mass is 354 g/mol. The lowest BCUT2D eigenvalue weighted by Crippen LogP contribution is -2.56. The van der Waals surface area contributed by atoms with E-state index < -0.39 is 0 Å². The molecule has 0 bridgehead atoms. The van der Waals surface area contributed by atoms with E-state index in [2.05, 4.69) is 56.4 Å². The molecule has 4 heteroatoms. The maximum atomic E-state index is 13.3. The van der Waals surface area contributed by atoms with Gasteiger partial charge in [0.05, 0.1) is 10.8 Å². The van der Waals surface area contributed by atoms with Gasteiger partial charge in [-0.25, -0.2) is 0 Å². The molecule has 4 rings (SSSR count). The second-order valence-electron chi connectivity index (χ2n) is 7.78. The van der Waals surface area contributed by atoms with Crippen LogP contribution in [0.15, 0.2) is 46.6 Å². The largest absolute Gasteiger partial charge is 0.366 e. The average molecular weight is 355 g/mol. The van der Waals surface area contributed by atoms with Crippen LogP contribution in [-0.2, 0) is 10.2 Å². The Morgan fingerprint density at radius 1 is 1.28 bits per heavy atom. The van der Waals surface area contributed by atoms with E-state index in [0.29, 0.717) is 24.0 Å². The van der Waals surface area contributed by atoms with Gasteiger partial charge in [0.1, 0.15) is 6.17 Å². The standard InChI is InChI=1S/C21H26N2OS/c1-4-21(15-8-6-5-7-9-15)18-16(23-20-19(21)25-12-22-20)10-14(13(2)3)11-17(18)24/h5-9,12-14,19-20,23H,4,10-11H2,1-3H3/t14-,19?,20?,21+/m0/s1. The van der Waals surface area contributed by atoms with Crippen LogP contribution in [0.3, 0.4) is 0 Å². The number of aliphatic imine (C=N–C) groups is 1. The van der Waals surface area contributed by atoms with Crippen molar-refractivity contribution in [1.82, 2.24) is 5.32 Å². The molecule has 0 aromatic heterocycles. The number of thioether (sulfide) groups is 1. The van der Waals surface area contributed by atoms with Crippen LogP contribution < -0.4 is 5.32 Å². The molecule has 3 nitrogen and oxygen atoms in total. The third kappa shape index (κ3) is 2.49. The predicted octanol–water partition coefficient (Wildman–Crippen LogP) is 4.30. The number of hydrogen-bond donors (Lipinski definition) is 1. The highest BCUT2D eigenvalue weighted by Gasteiger charge is 2.55. The van der Waals surface area contributed by atoms with Gasteiger partial charge in [-0.15, -0.1) is 11.8 Å². The minimum absolute atomic E-state index is 0.0719. The van der Waals surface area contributed by atoms with Gasteiger partial charge >= 0.3 is 0 Å². The minimum atomic E-state index is -0.243. The van der Waals surface area contributed by atoms with Crippen molar-refractivity contribution in [3.8, 4) is 0 Å². The number of nitrogens with one attached hydrogen (secondary N) is 1. The van der Waals surface area contributed by atoms with Crippen LogP contribution in [0.5, 0.6) is 0 Å². The zero-order valence-corrected chi connectivity index (χ0v) is 16.0. The molecule has 0 amide bonds. The first-order valence-electron chi connectivity index (χ1n) is 9.34. The van der Waals surface area contributed by atoms with Crippen LogP contribution in [0, 0.1) is 11.8 Å². The van der Waals surface area contributed by atoms with Gasteiger partial charge in [-0.2, -0.15) is 0 Å². The summed E-state index contributed by atoms with van der Waals surface area (Å²) in [6.07, 6.45) is 2.64. The highest BCUT2D eigenvalue weighted by atomic mass is 32.2. The molecule has 0 spiro atoms. The number of benzene rings is 1. The molecule has 0 radical (unpaired) electrons. The Balaban J connectivity index is 1.90. The summed E-state index contributed by atoms with van der Waals surface area (Å²) >= 11 is 1.78. The molecule has 0 saturated carbocycles. The number of rotatable bonds is 3. The van der Waals surface area contributed by atoms with Crippen LogP contribution in [0.1, 0.15) is 45.6 Å². The number of hydrogen-bond acceptors (Lipinski definition) is 4. The smallest absolute Gasteiger partial charge is 0.161 e. The fourth-order valence-corrected chi connectivity index (χ4v) is 6.10. The van der Waals surface area contributed by atoms with Gasteiger partial charge in [-0.1, -0.05) is 51.1 Å². The van der Waals surface area contributed by atoms with Crippen LogP contribution in [-0.4, -0.2) is 22.7 Å². The van der Waals surface area contributed by atoms with Crippen molar-refractivity contribution in [3.63, 3.8) is 0 Å². The maximum Gasteiger partial charge on any atom is 0.161 e. The second kappa shape index (κ2) is 6.31. The number of allylic oxidation sites excluding steroid dienone is 2. The van der Waals surface area contributed by atoms with E-state index in [1.54, 1.807) is 11.8 Å². The molecule has 2 heterocycles. The third-order valence-corrected chi connectivity index (χ3v) is 7.45. The highest BCUT2D eigenvalue weighted by Crippen LogP contribution is 2.53. The fraction of sp³-hybridized carbons (Fsp3) is 0.524. The lowest BCUT2D eigenvalue weighted by atomic mass is 9.61. The Labute approximate surface area is 154 Å².